The van der Waals surface area contributed by atoms with Gasteiger partial charge in [-0.25, -0.2) is 0 Å². The second-order valence-electron chi connectivity index (χ2n) is 4.69. The number of H-pyrrole nitrogens is 1. The topological polar surface area (TPSA) is 87.9 Å². The van der Waals surface area contributed by atoms with Gasteiger partial charge in [-0.2, -0.15) is 5.10 Å². The molecule has 6 heteroatoms. The van der Waals surface area contributed by atoms with E-state index >= 15 is 0 Å². The van der Waals surface area contributed by atoms with E-state index < -0.39 is 0 Å². The Kier molecular flexibility index (Phi) is 4.02. The van der Waals surface area contributed by atoms with Crippen molar-refractivity contribution in [2.75, 3.05) is 12.8 Å². The molecule has 0 saturated carbocycles. The van der Waals surface area contributed by atoms with Gasteiger partial charge in [0, 0.05) is 19.4 Å². The summed E-state index contributed by atoms with van der Waals surface area (Å²) in [5, 5.41) is 6.84. The van der Waals surface area contributed by atoms with Crippen molar-refractivity contribution >= 4 is 11.6 Å². The van der Waals surface area contributed by atoms with Crippen LogP contribution in [0, 0.1) is 0 Å². The fourth-order valence-corrected chi connectivity index (χ4v) is 2.03. The summed E-state index contributed by atoms with van der Waals surface area (Å²) >= 11 is 0. The molecule has 106 valence electrons. The lowest BCUT2D eigenvalue weighted by atomic mass is 10.1. The molecule has 0 aliphatic rings. The molecule has 3 N–H and O–H groups in total. The number of aromatic amines is 1. The molecule has 0 fully saturated rings. The molecule has 0 bridgehead atoms. The first-order valence-corrected chi connectivity index (χ1v) is 6.56. The number of carbonyl (C=O) groups excluding carboxylic acids is 1. The van der Waals surface area contributed by atoms with Crippen LogP contribution in [-0.2, 0) is 6.42 Å². The van der Waals surface area contributed by atoms with Gasteiger partial charge >= 0.3 is 0 Å². The maximum Gasteiger partial charge on any atom is 0.276 e. The summed E-state index contributed by atoms with van der Waals surface area (Å²) in [6.45, 7) is 3.91. The molecule has 0 aliphatic carbocycles. The molecule has 1 unspecified atom stereocenters. The van der Waals surface area contributed by atoms with E-state index in [0.717, 1.165) is 17.7 Å². The molecule has 2 aromatic heterocycles. The molecular formula is C14H19N5O. The van der Waals surface area contributed by atoms with E-state index in [1.807, 2.05) is 26.0 Å². The SMILES string of the molecule is CCc1[nH]nc(C(=O)N(C)C(C)c2ccncc2)c1N. The monoisotopic (exact) mass is 273 g/mol. The van der Waals surface area contributed by atoms with Crippen LogP contribution in [0.2, 0.25) is 0 Å². The number of aromatic nitrogens is 3. The third-order valence-corrected chi connectivity index (χ3v) is 3.53. The molecule has 1 atom stereocenters. The summed E-state index contributed by atoms with van der Waals surface area (Å²) in [7, 11) is 1.74. The fourth-order valence-electron chi connectivity index (χ4n) is 2.03. The Balaban J connectivity index is 2.22. The molecule has 2 rings (SSSR count). The van der Waals surface area contributed by atoms with Gasteiger partial charge in [-0.3, -0.25) is 14.9 Å². The summed E-state index contributed by atoms with van der Waals surface area (Å²) in [6, 6.07) is 3.70. The summed E-state index contributed by atoms with van der Waals surface area (Å²) in [6.07, 6.45) is 4.14. The second kappa shape index (κ2) is 5.73. The fraction of sp³-hybridized carbons (Fsp3) is 0.357. The van der Waals surface area contributed by atoms with E-state index in [4.69, 9.17) is 5.73 Å². The largest absolute Gasteiger partial charge is 0.395 e. The Morgan fingerprint density at radius 1 is 1.45 bits per heavy atom. The average Bonchev–Trinajstić information content (AvgIpc) is 2.86. The normalized spacial score (nSPS) is 12.2. The smallest absolute Gasteiger partial charge is 0.276 e. The molecule has 2 aromatic rings. The van der Waals surface area contributed by atoms with E-state index in [2.05, 4.69) is 15.2 Å². The number of amides is 1. The highest BCUT2D eigenvalue weighted by Gasteiger charge is 2.24. The quantitative estimate of drug-likeness (QED) is 0.888. The Bertz CT molecular complexity index is 593. The third kappa shape index (κ3) is 2.49. The van der Waals surface area contributed by atoms with Crippen LogP contribution in [-0.4, -0.2) is 33.0 Å². The number of anilines is 1. The lowest BCUT2D eigenvalue weighted by molar-refractivity contribution is 0.0737. The van der Waals surface area contributed by atoms with Crippen LogP contribution in [0.1, 0.15) is 41.6 Å². The lowest BCUT2D eigenvalue weighted by Crippen LogP contribution is -2.30. The minimum absolute atomic E-state index is 0.0772. The maximum atomic E-state index is 12.5. The number of carbonyl (C=O) groups is 1. The zero-order chi connectivity index (χ0) is 14.7. The van der Waals surface area contributed by atoms with Crippen LogP contribution in [0.4, 0.5) is 5.69 Å². The van der Waals surface area contributed by atoms with Gasteiger partial charge in [-0.15, -0.1) is 0 Å². The number of nitrogens with one attached hydrogen (secondary N) is 1. The molecule has 20 heavy (non-hydrogen) atoms. The molecule has 2 heterocycles. The van der Waals surface area contributed by atoms with Crippen LogP contribution in [0.5, 0.6) is 0 Å². The summed E-state index contributed by atoms with van der Waals surface area (Å²) in [5.74, 6) is -0.192. The summed E-state index contributed by atoms with van der Waals surface area (Å²) in [5.41, 5.74) is 8.46. The van der Waals surface area contributed by atoms with Crippen molar-refractivity contribution in [3.63, 3.8) is 0 Å². The van der Waals surface area contributed by atoms with Crippen LogP contribution >= 0.6 is 0 Å². The van der Waals surface area contributed by atoms with Gasteiger partial charge in [-0.05, 0) is 31.0 Å². The number of nitrogens with zero attached hydrogens (tertiary/aromatic N) is 3. The molecule has 0 aromatic carbocycles. The number of hydrogen-bond acceptors (Lipinski definition) is 4. The highest BCUT2D eigenvalue weighted by molar-refractivity contribution is 5.97. The molecule has 1 amide bonds. The average molecular weight is 273 g/mol. The van der Waals surface area contributed by atoms with E-state index in [-0.39, 0.29) is 17.6 Å². The maximum absolute atomic E-state index is 12.5. The zero-order valence-electron chi connectivity index (χ0n) is 11.9. The number of hydrogen-bond donors (Lipinski definition) is 2. The van der Waals surface area contributed by atoms with E-state index in [1.165, 1.54) is 0 Å². The predicted molar refractivity (Wildman–Crippen MR) is 77.1 cm³/mol. The first-order chi connectivity index (χ1) is 9.56. The third-order valence-electron chi connectivity index (χ3n) is 3.53. The highest BCUT2D eigenvalue weighted by Crippen LogP contribution is 2.22. The van der Waals surface area contributed by atoms with Crippen molar-refractivity contribution < 1.29 is 4.79 Å². The van der Waals surface area contributed by atoms with Gasteiger partial charge in [0.15, 0.2) is 5.69 Å². The predicted octanol–water partition coefficient (Wildman–Crippen LogP) is 1.78. The Morgan fingerprint density at radius 2 is 2.10 bits per heavy atom. The Morgan fingerprint density at radius 3 is 2.65 bits per heavy atom. The van der Waals surface area contributed by atoms with Gasteiger partial charge < -0.3 is 10.6 Å². The number of pyridine rings is 1. The van der Waals surface area contributed by atoms with Gasteiger partial charge in [0.05, 0.1) is 17.4 Å². The molecule has 0 aliphatic heterocycles. The Labute approximate surface area is 118 Å². The van der Waals surface area contributed by atoms with Crippen LogP contribution in [0.15, 0.2) is 24.5 Å². The second-order valence-corrected chi connectivity index (χ2v) is 4.69. The summed E-state index contributed by atoms with van der Waals surface area (Å²) in [4.78, 5) is 18.1. The van der Waals surface area contributed by atoms with E-state index in [1.54, 1.807) is 24.3 Å². The van der Waals surface area contributed by atoms with Crippen molar-refractivity contribution in [1.29, 1.82) is 0 Å². The first-order valence-electron chi connectivity index (χ1n) is 6.56. The number of nitrogens with two attached hydrogens (primary N) is 1. The summed E-state index contributed by atoms with van der Waals surface area (Å²) < 4.78 is 0. The van der Waals surface area contributed by atoms with Crippen molar-refractivity contribution in [2.45, 2.75) is 26.3 Å². The lowest BCUT2D eigenvalue weighted by Gasteiger charge is -2.24. The Hall–Kier alpha value is -2.37. The number of rotatable bonds is 4. The van der Waals surface area contributed by atoms with E-state index in [0.29, 0.717) is 5.69 Å². The van der Waals surface area contributed by atoms with Crippen LogP contribution in [0.25, 0.3) is 0 Å². The zero-order valence-corrected chi connectivity index (χ0v) is 11.9. The standard InChI is InChI=1S/C14H19N5O/c1-4-11-12(15)13(18-17-11)14(20)19(3)9(2)10-5-7-16-8-6-10/h5-9H,4,15H2,1-3H3,(H,17,18). The van der Waals surface area contributed by atoms with E-state index in [9.17, 15) is 4.79 Å². The molecule has 0 saturated heterocycles. The van der Waals surface area contributed by atoms with Crippen molar-refractivity contribution in [3.8, 4) is 0 Å². The molecule has 6 nitrogen and oxygen atoms in total. The minimum Gasteiger partial charge on any atom is -0.395 e. The minimum atomic E-state index is -0.192. The number of aryl methyl sites for hydroxylation is 1. The van der Waals surface area contributed by atoms with Crippen molar-refractivity contribution in [2.24, 2.45) is 0 Å². The molecular weight excluding hydrogens is 254 g/mol. The van der Waals surface area contributed by atoms with Gasteiger partial charge in [-0.1, -0.05) is 6.92 Å². The van der Waals surface area contributed by atoms with Crippen molar-refractivity contribution in [1.82, 2.24) is 20.1 Å². The van der Waals surface area contributed by atoms with Gasteiger partial charge in [0.2, 0.25) is 0 Å². The molecule has 0 radical (unpaired) electrons. The van der Waals surface area contributed by atoms with Crippen LogP contribution < -0.4 is 5.73 Å². The first kappa shape index (κ1) is 14.0. The van der Waals surface area contributed by atoms with Gasteiger partial charge in [0.1, 0.15) is 0 Å². The number of nitrogen functional groups attached to an aromatic ring is 1. The highest BCUT2D eigenvalue weighted by atomic mass is 16.2. The molecule has 0 spiro atoms. The van der Waals surface area contributed by atoms with Crippen LogP contribution in [0.3, 0.4) is 0 Å². The van der Waals surface area contributed by atoms with Gasteiger partial charge in [0.25, 0.3) is 5.91 Å². The van der Waals surface area contributed by atoms with Crippen molar-refractivity contribution in [3.05, 3.63) is 41.5 Å².